The van der Waals surface area contributed by atoms with Gasteiger partial charge in [0.15, 0.2) is 0 Å². The summed E-state index contributed by atoms with van der Waals surface area (Å²) in [4.78, 5) is 22.3. The monoisotopic (exact) mass is 322 g/mol. The van der Waals surface area contributed by atoms with Crippen LogP contribution in [0.3, 0.4) is 0 Å². The van der Waals surface area contributed by atoms with E-state index in [-0.39, 0.29) is 0 Å². The average molecular weight is 322 g/mol. The molecule has 3 aromatic rings. The number of esters is 1. The molecule has 0 saturated carbocycles. The lowest BCUT2D eigenvalue weighted by molar-refractivity contribution is 0.0600. The van der Waals surface area contributed by atoms with Crippen LogP contribution in [0.1, 0.15) is 10.4 Å². The van der Waals surface area contributed by atoms with E-state index in [0.717, 1.165) is 22.3 Å². The minimum Gasteiger partial charge on any atom is -0.465 e. The van der Waals surface area contributed by atoms with Crippen molar-refractivity contribution in [1.82, 2.24) is 9.97 Å². The predicted octanol–water partition coefficient (Wildman–Crippen LogP) is 3.23. The van der Waals surface area contributed by atoms with Gasteiger partial charge in [0, 0.05) is 37.6 Å². The first-order valence-corrected chi connectivity index (χ1v) is 7.46. The number of methoxy groups -OCH3 is 1. The van der Waals surface area contributed by atoms with Gasteiger partial charge in [-0.25, -0.2) is 9.78 Å². The van der Waals surface area contributed by atoms with Crippen molar-refractivity contribution in [3.8, 4) is 0 Å². The van der Waals surface area contributed by atoms with Crippen molar-refractivity contribution >= 4 is 34.1 Å². The predicted molar refractivity (Wildman–Crippen MR) is 94.9 cm³/mol. The Morgan fingerprint density at radius 2 is 1.88 bits per heavy atom. The first kappa shape index (κ1) is 15.7. The van der Waals surface area contributed by atoms with Crippen LogP contribution in [-0.4, -0.2) is 37.1 Å². The second-order valence-corrected chi connectivity index (χ2v) is 5.50. The summed E-state index contributed by atoms with van der Waals surface area (Å²) < 4.78 is 4.74. The SMILES string of the molecule is COC(=O)c1ccnc(Nc2ccnc3ccc(N(C)C)cc23)c1. The van der Waals surface area contributed by atoms with Crippen molar-refractivity contribution < 1.29 is 9.53 Å². The number of nitrogens with zero attached hydrogens (tertiary/aromatic N) is 3. The summed E-state index contributed by atoms with van der Waals surface area (Å²) in [6.07, 6.45) is 3.31. The van der Waals surface area contributed by atoms with Gasteiger partial charge in [-0.15, -0.1) is 0 Å². The number of fused-ring (bicyclic) bond motifs is 1. The van der Waals surface area contributed by atoms with Crippen LogP contribution in [0.4, 0.5) is 17.2 Å². The fraction of sp³-hybridized carbons (Fsp3) is 0.167. The molecule has 6 heteroatoms. The molecular formula is C18H18N4O2. The zero-order valence-electron chi connectivity index (χ0n) is 13.8. The number of hydrogen-bond acceptors (Lipinski definition) is 6. The minimum atomic E-state index is -0.394. The number of benzene rings is 1. The molecule has 0 bridgehead atoms. The van der Waals surface area contributed by atoms with E-state index in [2.05, 4.69) is 21.4 Å². The van der Waals surface area contributed by atoms with Crippen molar-refractivity contribution in [3.05, 3.63) is 54.4 Å². The zero-order chi connectivity index (χ0) is 17.1. The number of carbonyl (C=O) groups excluding carboxylic acids is 1. The van der Waals surface area contributed by atoms with E-state index >= 15 is 0 Å². The molecule has 0 unspecified atom stereocenters. The number of carbonyl (C=O) groups is 1. The second kappa shape index (κ2) is 6.54. The average Bonchev–Trinajstić information content (AvgIpc) is 2.61. The van der Waals surface area contributed by atoms with Crippen LogP contribution in [0, 0.1) is 0 Å². The van der Waals surface area contributed by atoms with Crippen molar-refractivity contribution in [2.75, 3.05) is 31.4 Å². The Balaban J connectivity index is 2.01. The summed E-state index contributed by atoms with van der Waals surface area (Å²) in [5.74, 6) is 0.176. The van der Waals surface area contributed by atoms with Crippen LogP contribution in [0.2, 0.25) is 0 Å². The van der Waals surface area contributed by atoms with Gasteiger partial charge in [0.2, 0.25) is 0 Å². The molecule has 3 rings (SSSR count). The standard InChI is InChI=1S/C18H18N4O2/c1-22(2)13-4-5-15-14(11-13)16(7-9-19-15)21-17-10-12(6-8-20-17)18(23)24-3/h4-11H,1-3H3,(H,19,20,21). The van der Waals surface area contributed by atoms with Crippen molar-refractivity contribution in [3.63, 3.8) is 0 Å². The number of nitrogens with one attached hydrogen (secondary N) is 1. The smallest absolute Gasteiger partial charge is 0.338 e. The second-order valence-electron chi connectivity index (χ2n) is 5.50. The Morgan fingerprint density at radius 1 is 1.08 bits per heavy atom. The van der Waals surface area contributed by atoms with Crippen molar-refractivity contribution in [2.24, 2.45) is 0 Å². The van der Waals surface area contributed by atoms with Gasteiger partial charge in [-0.2, -0.15) is 0 Å². The van der Waals surface area contributed by atoms with E-state index in [4.69, 9.17) is 4.74 Å². The molecule has 0 spiro atoms. The minimum absolute atomic E-state index is 0.394. The Labute approximate surface area is 140 Å². The molecule has 1 aromatic carbocycles. The quantitative estimate of drug-likeness (QED) is 0.744. The van der Waals surface area contributed by atoms with Gasteiger partial charge in [0.25, 0.3) is 0 Å². The first-order chi connectivity index (χ1) is 11.6. The van der Waals surface area contributed by atoms with Gasteiger partial charge in [-0.3, -0.25) is 4.98 Å². The van der Waals surface area contributed by atoms with Gasteiger partial charge < -0.3 is 15.0 Å². The van der Waals surface area contributed by atoms with E-state index in [9.17, 15) is 4.79 Å². The van der Waals surface area contributed by atoms with Crippen molar-refractivity contribution in [2.45, 2.75) is 0 Å². The van der Waals surface area contributed by atoms with Gasteiger partial charge in [0.05, 0.1) is 23.9 Å². The lowest BCUT2D eigenvalue weighted by atomic mass is 10.1. The highest BCUT2D eigenvalue weighted by atomic mass is 16.5. The highest BCUT2D eigenvalue weighted by Gasteiger charge is 2.09. The Morgan fingerprint density at radius 3 is 2.62 bits per heavy atom. The maximum atomic E-state index is 11.7. The third-order valence-corrected chi connectivity index (χ3v) is 3.69. The molecule has 122 valence electrons. The molecule has 0 fully saturated rings. The summed E-state index contributed by atoms with van der Waals surface area (Å²) in [7, 11) is 5.34. The van der Waals surface area contributed by atoms with Crippen LogP contribution < -0.4 is 10.2 Å². The van der Waals surface area contributed by atoms with Gasteiger partial charge in [-0.1, -0.05) is 0 Å². The normalized spacial score (nSPS) is 10.5. The summed E-state index contributed by atoms with van der Waals surface area (Å²) in [6, 6.07) is 11.2. The Kier molecular flexibility index (Phi) is 4.29. The van der Waals surface area contributed by atoms with Crippen LogP contribution in [-0.2, 0) is 4.74 Å². The molecule has 1 N–H and O–H groups in total. The first-order valence-electron chi connectivity index (χ1n) is 7.46. The molecular weight excluding hydrogens is 304 g/mol. The number of pyridine rings is 2. The van der Waals surface area contributed by atoms with E-state index in [1.165, 1.54) is 7.11 Å². The molecule has 6 nitrogen and oxygen atoms in total. The van der Waals surface area contributed by atoms with Crippen LogP contribution in [0.5, 0.6) is 0 Å². The van der Waals surface area contributed by atoms with Crippen LogP contribution >= 0.6 is 0 Å². The van der Waals surface area contributed by atoms with E-state index < -0.39 is 5.97 Å². The third kappa shape index (κ3) is 3.12. The van der Waals surface area contributed by atoms with Gasteiger partial charge in [0.1, 0.15) is 5.82 Å². The Bertz CT molecular complexity index is 893. The van der Waals surface area contributed by atoms with E-state index in [0.29, 0.717) is 11.4 Å². The number of aromatic nitrogens is 2. The van der Waals surface area contributed by atoms with Gasteiger partial charge in [-0.05, 0) is 36.4 Å². The molecule has 24 heavy (non-hydrogen) atoms. The fourth-order valence-electron chi connectivity index (χ4n) is 2.40. The van der Waals surface area contributed by atoms with Crippen LogP contribution in [0.15, 0.2) is 48.8 Å². The van der Waals surface area contributed by atoms with Gasteiger partial charge >= 0.3 is 5.97 Å². The largest absolute Gasteiger partial charge is 0.465 e. The molecule has 0 aliphatic heterocycles. The Hall–Kier alpha value is -3.15. The maximum absolute atomic E-state index is 11.7. The highest BCUT2D eigenvalue weighted by molar-refractivity contribution is 5.95. The molecule has 0 aliphatic rings. The number of anilines is 3. The summed E-state index contributed by atoms with van der Waals surface area (Å²) in [5.41, 5.74) is 3.28. The molecule has 2 aromatic heterocycles. The molecule has 0 radical (unpaired) electrons. The number of rotatable bonds is 4. The molecule has 0 saturated heterocycles. The number of ether oxygens (including phenoxy) is 1. The third-order valence-electron chi connectivity index (χ3n) is 3.69. The topological polar surface area (TPSA) is 67.3 Å². The van der Waals surface area contributed by atoms with E-state index in [1.54, 1.807) is 24.5 Å². The zero-order valence-corrected chi connectivity index (χ0v) is 13.8. The van der Waals surface area contributed by atoms with Crippen LogP contribution in [0.25, 0.3) is 10.9 Å². The summed E-state index contributed by atoms with van der Waals surface area (Å²) in [5, 5.41) is 4.24. The summed E-state index contributed by atoms with van der Waals surface area (Å²) >= 11 is 0. The highest BCUT2D eigenvalue weighted by Crippen LogP contribution is 2.28. The molecule has 0 aliphatic carbocycles. The van der Waals surface area contributed by atoms with Crippen molar-refractivity contribution in [1.29, 1.82) is 0 Å². The number of hydrogen-bond donors (Lipinski definition) is 1. The summed E-state index contributed by atoms with van der Waals surface area (Å²) in [6.45, 7) is 0. The molecule has 0 atom stereocenters. The lowest BCUT2D eigenvalue weighted by Gasteiger charge is -2.15. The fourth-order valence-corrected chi connectivity index (χ4v) is 2.40. The maximum Gasteiger partial charge on any atom is 0.338 e. The lowest BCUT2D eigenvalue weighted by Crippen LogP contribution is -2.08. The molecule has 0 amide bonds. The molecule has 2 heterocycles. The van der Waals surface area contributed by atoms with E-state index in [1.807, 2.05) is 37.2 Å².